The SMILES string of the molecule is C[C@H](c1c(F)cc(-c2nnc(C(F)F)o2)cc1F)n1cc(-c2ccc3nc(N)sc3c2)nn1. The molecule has 0 radical (unpaired) electrons. The van der Waals surface area contributed by atoms with Gasteiger partial charge in [-0.2, -0.15) is 8.78 Å². The first-order valence-electron chi connectivity index (χ1n) is 9.49. The first-order valence-corrected chi connectivity index (χ1v) is 10.3. The third-order valence-corrected chi connectivity index (χ3v) is 5.83. The fourth-order valence-electron chi connectivity index (χ4n) is 3.38. The molecule has 5 aromatic rings. The number of rotatable bonds is 5. The maximum Gasteiger partial charge on any atom is 0.314 e. The highest BCUT2D eigenvalue weighted by Crippen LogP contribution is 2.32. The van der Waals surface area contributed by atoms with Crippen LogP contribution in [0.1, 0.15) is 30.8 Å². The van der Waals surface area contributed by atoms with Crippen LogP contribution >= 0.6 is 11.3 Å². The predicted octanol–water partition coefficient (Wildman–Crippen LogP) is 5.01. The van der Waals surface area contributed by atoms with Crippen molar-refractivity contribution in [1.29, 1.82) is 0 Å². The number of nitrogens with two attached hydrogens (primary N) is 1. The second-order valence-electron chi connectivity index (χ2n) is 7.09. The Bertz CT molecular complexity index is 1460. The van der Waals surface area contributed by atoms with E-state index in [9.17, 15) is 17.6 Å². The molecule has 0 saturated heterocycles. The fraction of sp³-hybridized carbons (Fsp3) is 0.150. The summed E-state index contributed by atoms with van der Waals surface area (Å²) in [6, 6.07) is 6.48. The van der Waals surface area contributed by atoms with Gasteiger partial charge in [0.15, 0.2) is 5.13 Å². The lowest BCUT2D eigenvalue weighted by Crippen LogP contribution is -2.12. The lowest BCUT2D eigenvalue weighted by molar-refractivity contribution is 0.116. The van der Waals surface area contributed by atoms with Gasteiger partial charge in [0.2, 0.25) is 5.89 Å². The van der Waals surface area contributed by atoms with Gasteiger partial charge >= 0.3 is 6.43 Å². The summed E-state index contributed by atoms with van der Waals surface area (Å²) in [5.41, 5.74) is 7.30. The van der Waals surface area contributed by atoms with Crippen LogP contribution in [0, 0.1) is 11.6 Å². The first kappa shape index (κ1) is 21.0. The summed E-state index contributed by atoms with van der Waals surface area (Å²) in [7, 11) is 0. The minimum Gasteiger partial charge on any atom is -0.415 e. The second kappa shape index (κ2) is 7.92. The molecule has 1 atom stereocenters. The largest absolute Gasteiger partial charge is 0.415 e. The molecule has 0 bridgehead atoms. The summed E-state index contributed by atoms with van der Waals surface area (Å²) in [5, 5.41) is 15.1. The summed E-state index contributed by atoms with van der Waals surface area (Å²) in [5.74, 6) is -3.19. The van der Waals surface area contributed by atoms with Crippen LogP contribution in [0.15, 0.2) is 40.9 Å². The zero-order valence-corrected chi connectivity index (χ0v) is 17.5. The predicted molar refractivity (Wildman–Crippen MR) is 111 cm³/mol. The molecule has 0 unspecified atom stereocenters. The van der Waals surface area contributed by atoms with Gasteiger partial charge in [-0.25, -0.2) is 18.4 Å². The number of hydrogen-bond acceptors (Lipinski definition) is 8. The van der Waals surface area contributed by atoms with Crippen molar-refractivity contribution in [2.75, 3.05) is 5.73 Å². The standard InChI is InChI=1S/C20H13F4N7OS/c1-8(16-11(21)4-10(5-12(16)22)18-28-29-19(32-18)17(23)24)31-7-14(27-30-31)9-2-3-13-15(6-9)33-20(25)26-13/h2-8,17H,1H3,(H2,25,26)/t8-/m1/s1. The molecule has 0 aliphatic rings. The van der Waals surface area contributed by atoms with Gasteiger partial charge in [-0.15, -0.1) is 15.3 Å². The number of alkyl halides is 2. The van der Waals surface area contributed by atoms with E-state index in [1.807, 2.05) is 6.07 Å². The van der Waals surface area contributed by atoms with E-state index in [1.165, 1.54) is 16.0 Å². The Morgan fingerprint density at radius 2 is 1.79 bits per heavy atom. The molecule has 33 heavy (non-hydrogen) atoms. The molecule has 2 aromatic carbocycles. The Morgan fingerprint density at radius 3 is 2.48 bits per heavy atom. The Labute approximate surface area is 186 Å². The van der Waals surface area contributed by atoms with Crippen molar-refractivity contribution in [3.63, 3.8) is 0 Å². The maximum absolute atomic E-state index is 14.8. The highest BCUT2D eigenvalue weighted by atomic mass is 32.1. The molecule has 0 aliphatic carbocycles. The van der Waals surface area contributed by atoms with Crippen molar-refractivity contribution in [1.82, 2.24) is 30.2 Å². The molecule has 5 rings (SSSR count). The van der Waals surface area contributed by atoms with E-state index in [-0.39, 0.29) is 11.1 Å². The van der Waals surface area contributed by atoms with Crippen LogP contribution in [-0.2, 0) is 0 Å². The number of hydrogen-bond donors (Lipinski definition) is 1. The van der Waals surface area contributed by atoms with Crippen molar-refractivity contribution >= 4 is 26.7 Å². The van der Waals surface area contributed by atoms with Gasteiger partial charge < -0.3 is 10.2 Å². The molecule has 0 saturated carbocycles. The van der Waals surface area contributed by atoms with E-state index in [4.69, 9.17) is 10.2 Å². The zero-order valence-electron chi connectivity index (χ0n) is 16.7. The molecule has 0 aliphatic heterocycles. The van der Waals surface area contributed by atoms with Gasteiger partial charge in [-0.1, -0.05) is 22.6 Å². The first-order chi connectivity index (χ1) is 15.8. The molecule has 13 heteroatoms. The van der Waals surface area contributed by atoms with E-state index in [0.29, 0.717) is 10.8 Å². The van der Waals surface area contributed by atoms with Crippen LogP contribution in [0.3, 0.4) is 0 Å². The van der Waals surface area contributed by atoms with Crippen molar-refractivity contribution in [3.8, 4) is 22.7 Å². The summed E-state index contributed by atoms with van der Waals surface area (Å²) in [6.45, 7) is 1.55. The van der Waals surface area contributed by atoms with Gasteiger partial charge in [-0.3, -0.25) is 0 Å². The van der Waals surface area contributed by atoms with Crippen LogP contribution in [0.5, 0.6) is 0 Å². The van der Waals surface area contributed by atoms with Gasteiger partial charge in [0.25, 0.3) is 5.89 Å². The number of nitrogen functional groups attached to an aromatic ring is 1. The average molecular weight is 475 g/mol. The molecule has 3 heterocycles. The average Bonchev–Trinajstić information content (AvgIpc) is 3.51. The maximum atomic E-state index is 14.8. The van der Waals surface area contributed by atoms with E-state index in [2.05, 4.69) is 25.5 Å². The second-order valence-corrected chi connectivity index (χ2v) is 8.16. The highest BCUT2D eigenvalue weighted by molar-refractivity contribution is 7.22. The van der Waals surface area contributed by atoms with Crippen LogP contribution in [0.25, 0.3) is 32.9 Å². The summed E-state index contributed by atoms with van der Waals surface area (Å²) < 4.78 is 61.9. The van der Waals surface area contributed by atoms with Crippen molar-refractivity contribution < 1.29 is 22.0 Å². The molecule has 0 spiro atoms. The highest BCUT2D eigenvalue weighted by Gasteiger charge is 2.24. The van der Waals surface area contributed by atoms with Gasteiger partial charge in [0.05, 0.1) is 22.5 Å². The van der Waals surface area contributed by atoms with Crippen molar-refractivity contribution in [2.24, 2.45) is 0 Å². The molecule has 3 aromatic heterocycles. The summed E-state index contributed by atoms with van der Waals surface area (Å²) in [6.07, 6.45) is -1.42. The number of thiazole rings is 1. The quantitative estimate of drug-likeness (QED) is 0.356. The Kier molecular flexibility index (Phi) is 5.04. The van der Waals surface area contributed by atoms with Gasteiger partial charge in [0, 0.05) is 16.7 Å². The number of nitrogens with zero attached hydrogens (tertiary/aromatic N) is 6. The molecule has 8 nitrogen and oxygen atoms in total. The summed E-state index contributed by atoms with van der Waals surface area (Å²) >= 11 is 1.33. The molecule has 0 amide bonds. The Morgan fingerprint density at radius 1 is 1.03 bits per heavy atom. The minimum atomic E-state index is -2.99. The smallest absolute Gasteiger partial charge is 0.314 e. The number of benzene rings is 2. The number of halogens is 4. The number of anilines is 1. The van der Waals surface area contributed by atoms with E-state index in [1.54, 1.807) is 25.3 Å². The third-order valence-electron chi connectivity index (χ3n) is 4.98. The van der Waals surface area contributed by atoms with Crippen LogP contribution in [-0.4, -0.2) is 30.2 Å². The molecule has 0 fully saturated rings. The normalized spacial score (nSPS) is 12.7. The zero-order chi connectivity index (χ0) is 23.3. The Hall–Kier alpha value is -3.87. The molecular weight excluding hydrogens is 462 g/mol. The lowest BCUT2D eigenvalue weighted by Gasteiger charge is -2.14. The van der Waals surface area contributed by atoms with Crippen molar-refractivity contribution in [2.45, 2.75) is 19.4 Å². The van der Waals surface area contributed by atoms with Crippen LogP contribution < -0.4 is 5.73 Å². The number of fused-ring (bicyclic) bond motifs is 1. The minimum absolute atomic E-state index is 0.156. The van der Waals surface area contributed by atoms with Crippen LogP contribution in [0.4, 0.5) is 22.7 Å². The monoisotopic (exact) mass is 475 g/mol. The van der Waals surface area contributed by atoms with Gasteiger partial charge in [0.1, 0.15) is 17.3 Å². The lowest BCUT2D eigenvalue weighted by atomic mass is 10.0. The third kappa shape index (κ3) is 3.80. The topological polar surface area (TPSA) is 109 Å². The number of aromatic nitrogens is 6. The molecule has 168 valence electrons. The fourth-order valence-corrected chi connectivity index (χ4v) is 4.15. The Balaban J connectivity index is 1.45. The van der Waals surface area contributed by atoms with Crippen LogP contribution in [0.2, 0.25) is 0 Å². The van der Waals surface area contributed by atoms with E-state index >= 15 is 0 Å². The molecule has 2 N–H and O–H groups in total. The van der Waals surface area contributed by atoms with Crippen molar-refractivity contribution in [3.05, 3.63) is 59.6 Å². The van der Waals surface area contributed by atoms with Gasteiger partial charge in [-0.05, 0) is 31.2 Å². The van der Waals surface area contributed by atoms with E-state index < -0.39 is 35.9 Å². The molecular formula is C20H13F4N7OS. The van der Waals surface area contributed by atoms with E-state index in [0.717, 1.165) is 27.9 Å². The summed E-state index contributed by atoms with van der Waals surface area (Å²) in [4.78, 5) is 4.20.